The highest BCUT2D eigenvalue weighted by Gasteiger charge is 2.20. The highest BCUT2D eigenvalue weighted by atomic mass is 16.5. The summed E-state index contributed by atoms with van der Waals surface area (Å²) in [6, 6.07) is 14.4. The van der Waals surface area contributed by atoms with Crippen LogP contribution in [0.2, 0.25) is 0 Å². The topological polar surface area (TPSA) is 64.1 Å². The Kier molecular flexibility index (Phi) is 8.19. The van der Waals surface area contributed by atoms with Crippen LogP contribution in [0, 0.1) is 0 Å². The van der Waals surface area contributed by atoms with Crippen LogP contribution in [0.25, 0.3) is 0 Å². The van der Waals surface area contributed by atoms with Crippen molar-refractivity contribution < 1.29 is 14.2 Å². The Labute approximate surface area is 174 Å². The number of aliphatic imine (C=N–C) groups is 1. The van der Waals surface area contributed by atoms with Crippen molar-refractivity contribution in [3.63, 3.8) is 0 Å². The van der Waals surface area contributed by atoms with Crippen molar-refractivity contribution in [1.29, 1.82) is 0 Å². The maximum absolute atomic E-state index is 5.56. The first-order chi connectivity index (χ1) is 14.0. The maximum Gasteiger partial charge on any atom is 0.203 e. The Hall–Kier alpha value is -2.89. The highest BCUT2D eigenvalue weighted by molar-refractivity contribution is 5.79. The predicted octanol–water partition coefficient (Wildman–Crippen LogP) is 3.40. The van der Waals surface area contributed by atoms with Crippen LogP contribution in [0.15, 0.2) is 47.5 Å². The second-order valence-corrected chi connectivity index (χ2v) is 7.35. The summed E-state index contributed by atoms with van der Waals surface area (Å²) in [5.41, 5.74) is 2.32. The van der Waals surface area contributed by atoms with E-state index in [1.54, 1.807) is 28.4 Å². The molecule has 2 aromatic carbocycles. The fourth-order valence-electron chi connectivity index (χ4n) is 3.19. The lowest BCUT2D eigenvalue weighted by molar-refractivity contribution is 0.322. The molecule has 29 heavy (non-hydrogen) atoms. The average Bonchev–Trinajstić information content (AvgIpc) is 2.75. The van der Waals surface area contributed by atoms with E-state index in [1.165, 1.54) is 5.56 Å². The molecule has 0 bridgehead atoms. The summed E-state index contributed by atoms with van der Waals surface area (Å²) in [4.78, 5) is 4.34. The number of benzene rings is 2. The molecule has 2 N–H and O–H groups in total. The lowest BCUT2D eigenvalue weighted by Crippen LogP contribution is -2.44. The Bertz CT molecular complexity index is 805. The molecule has 0 spiro atoms. The van der Waals surface area contributed by atoms with E-state index in [9.17, 15) is 0 Å². The van der Waals surface area contributed by atoms with E-state index >= 15 is 0 Å². The van der Waals surface area contributed by atoms with Crippen LogP contribution in [0.4, 0.5) is 0 Å². The molecule has 6 heteroatoms. The zero-order valence-corrected chi connectivity index (χ0v) is 18.3. The summed E-state index contributed by atoms with van der Waals surface area (Å²) in [5, 5.41) is 6.80. The van der Waals surface area contributed by atoms with Gasteiger partial charge in [0, 0.05) is 31.1 Å². The zero-order valence-electron chi connectivity index (χ0n) is 18.3. The van der Waals surface area contributed by atoms with Crippen molar-refractivity contribution in [3.8, 4) is 17.2 Å². The molecule has 0 saturated carbocycles. The molecule has 2 aromatic rings. The van der Waals surface area contributed by atoms with E-state index in [0.717, 1.165) is 24.5 Å². The minimum Gasteiger partial charge on any atom is -0.493 e. The van der Waals surface area contributed by atoms with Crippen LogP contribution in [0.5, 0.6) is 17.2 Å². The standard InChI is InChI=1S/C23H33N3O3/c1-23(2,18-10-8-7-9-11-18)16-26-22(24-3)25-15-14-17-12-13-19(27-4)21(29-6)20(17)28-5/h7-13H,14-16H2,1-6H3,(H2,24,25,26). The molecule has 2 rings (SSSR count). The van der Waals surface area contributed by atoms with E-state index < -0.39 is 0 Å². The molecule has 0 aliphatic heterocycles. The van der Waals surface area contributed by atoms with Gasteiger partial charge in [-0.1, -0.05) is 50.2 Å². The van der Waals surface area contributed by atoms with Gasteiger partial charge in [0.25, 0.3) is 0 Å². The van der Waals surface area contributed by atoms with Crippen molar-refractivity contribution in [1.82, 2.24) is 10.6 Å². The predicted molar refractivity (Wildman–Crippen MR) is 119 cm³/mol. The number of guanidine groups is 1. The van der Waals surface area contributed by atoms with E-state index in [4.69, 9.17) is 14.2 Å². The van der Waals surface area contributed by atoms with Crippen molar-refractivity contribution in [2.75, 3.05) is 41.5 Å². The quantitative estimate of drug-likeness (QED) is 0.500. The molecule has 0 saturated heterocycles. The molecular formula is C23H33N3O3. The van der Waals surface area contributed by atoms with Gasteiger partial charge in [-0.2, -0.15) is 0 Å². The monoisotopic (exact) mass is 399 g/mol. The van der Waals surface area contributed by atoms with Gasteiger partial charge in [-0.15, -0.1) is 0 Å². The van der Waals surface area contributed by atoms with Crippen LogP contribution < -0.4 is 24.8 Å². The first-order valence-electron chi connectivity index (χ1n) is 9.74. The summed E-state index contributed by atoms with van der Waals surface area (Å²) in [5.74, 6) is 2.73. The second-order valence-electron chi connectivity index (χ2n) is 7.35. The molecule has 6 nitrogen and oxygen atoms in total. The molecule has 0 fully saturated rings. The number of methoxy groups -OCH3 is 3. The lowest BCUT2D eigenvalue weighted by Gasteiger charge is -2.26. The zero-order chi connectivity index (χ0) is 21.3. The van der Waals surface area contributed by atoms with E-state index in [1.807, 2.05) is 18.2 Å². The van der Waals surface area contributed by atoms with Gasteiger partial charge in [0.2, 0.25) is 5.75 Å². The van der Waals surface area contributed by atoms with Crippen molar-refractivity contribution in [2.24, 2.45) is 4.99 Å². The number of nitrogens with zero attached hydrogens (tertiary/aromatic N) is 1. The minimum atomic E-state index is -0.00848. The van der Waals surface area contributed by atoms with Gasteiger partial charge in [-0.05, 0) is 18.1 Å². The van der Waals surface area contributed by atoms with Crippen LogP contribution in [0.1, 0.15) is 25.0 Å². The Morgan fingerprint density at radius 1 is 0.897 bits per heavy atom. The summed E-state index contributed by atoms with van der Waals surface area (Å²) < 4.78 is 16.4. The van der Waals surface area contributed by atoms with E-state index in [0.29, 0.717) is 23.8 Å². The van der Waals surface area contributed by atoms with Gasteiger partial charge in [0.05, 0.1) is 21.3 Å². The van der Waals surface area contributed by atoms with Gasteiger partial charge in [0.15, 0.2) is 17.5 Å². The summed E-state index contributed by atoms with van der Waals surface area (Å²) in [6.45, 7) is 5.92. The van der Waals surface area contributed by atoms with Crippen molar-refractivity contribution >= 4 is 5.96 Å². The lowest BCUT2D eigenvalue weighted by atomic mass is 9.85. The van der Waals surface area contributed by atoms with Gasteiger partial charge in [0.1, 0.15) is 0 Å². The van der Waals surface area contributed by atoms with Crippen LogP contribution >= 0.6 is 0 Å². The van der Waals surface area contributed by atoms with Gasteiger partial charge in [-0.3, -0.25) is 4.99 Å². The molecule has 0 aliphatic carbocycles. The first kappa shape index (κ1) is 22.4. The van der Waals surface area contributed by atoms with Gasteiger partial charge < -0.3 is 24.8 Å². The van der Waals surface area contributed by atoms with Crippen LogP contribution in [-0.4, -0.2) is 47.4 Å². The van der Waals surface area contributed by atoms with Gasteiger partial charge >= 0.3 is 0 Å². The third-order valence-electron chi connectivity index (χ3n) is 4.95. The molecular weight excluding hydrogens is 366 g/mol. The molecule has 0 aromatic heterocycles. The van der Waals surface area contributed by atoms with E-state index in [2.05, 4.69) is 53.7 Å². The maximum atomic E-state index is 5.56. The first-order valence-corrected chi connectivity index (χ1v) is 9.74. The smallest absolute Gasteiger partial charge is 0.203 e. The third-order valence-corrected chi connectivity index (χ3v) is 4.95. The SMILES string of the molecule is CN=C(NCCc1ccc(OC)c(OC)c1OC)NCC(C)(C)c1ccccc1. The summed E-state index contributed by atoms with van der Waals surface area (Å²) in [7, 11) is 6.65. The fourth-order valence-corrected chi connectivity index (χ4v) is 3.19. The number of nitrogens with one attached hydrogen (secondary N) is 2. The molecule has 0 unspecified atom stereocenters. The summed E-state index contributed by atoms with van der Waals surface area (Å²) >= 11 is 0. The fraction of sp³-hybridized carbons (Fsp3) is 0.435. The molecule has 0 radical (unpaired) electrons. The molecule has 0 atom stereocenters. The Balaban J connectivity index is 1.95. The average molecular weight is 400 g/mol. The van der Waals surface area contributed by atoms with Crippen molar-refractivity contribution in [2.45, 2.75) is 25.7 Å². The van der Waals surface area contributed by atoms with Crippen LogP contribution in [-0.2, 0) is 11.8 Å². The summed E-state index contributed by atoms with van der Waals surface area (Å²) in [6.07, 6.45) is 0.756. The number of hydrogen-bond acceptors (Lipinski definition) is 4. The normalized spacial score (nSPS) is 11.7. The molecule has 0 heterocycles. The largest absolute Gasteiger partial charge is 0.493 e. The number of rotatable bonds is 9. The van der Waals surface area contributed by atoms with Gasteiger partial charge in [-0.25, -0.2) is 0 Å². The highest BCUT2D eigenvalue weighted by Crippen LogP contribution is 2.39. The third kappa shape index (κ3) is 5.79. The second kappa shape index (κ2) is 10.6. The molecule has 0 aliphatic rings. The minimum absolute atomic E-state index is 0.00848. The molecule has 0 amide bonds. The molecule has 158 valence electrons. The number of ether oxygens (including phenoxy) is 3. The number of hydrogen-bond donors (Lipinski definition) is 2. The van der Waals surface area contributed by atoms with E-state index in [-0.39, 0.29) is 5.41 Å². The van der Waals surface area contributed by atoms with Crippen LogP contribution in [0.3, 0.4) is 0 Å². The Morgan fingerprint density at radius 2 is 1.59 bits per heavy atom. The Morgan fingerprint density at radius 3 is 2.17 bits per heavy atom. The van der Waals surface area contributed by atoms with Crippen molar-refractivity contribution in [3.05, 3.63) is 53.6 Å².